The van der Waals surface area contributed by atoms with Gasteiger partial charge in [0.15, 0.2) is 0 Å². The minimum Gasteiger partial charge on any atom is -0.438 e. The van der Waals surface area contributed by atoms with Gasteiger partial charge in [-0.05, 0) is 18.1 Å². The molecule has 7 heteroatoms. The Hall–Kier alpha value is -4.67. The SMILES string of the molecule is CCC(Sc1cc(-c2ccccc2)ncn1)C(=O)Nc1oc(-c2ccccc2)c(-c2ccccc2)c1C#N. The highest BCUT2D eigenvalue weighted by atomic mass is 32.2. The van der Waals surface area contributed by atoms with E-state index in [0.29, 0.717) is 22.8 Å². The molecule has 0 fully saturated rings. The number of carbonyl (C=O) groups excluding carboxylic acids is 1. The lowest BCUT2D eigenvalue weighted by Crippen LogP contribution is -2.24. The Morgan fingerprint density at radius 3 is 2.13 bits per heavy atom. The second kappa shape index (κ2) is 11.6. The third-order valence-electron chi connectivity index (χ3n) is 5.99. The number of anilines is 1. The smallest absolute Gasteiger partial charge is 0.240 e. The lowest BCUT2D eigenvalue weighted by atomic mass is 9.98. The van der Waals surface area contributed by atoms with Crippen molar-refractivity contribution < 1.29 is 9.21 Å². The van der Waals surface area contributed by atoms with Gasteiger partial charge >= 0.3 is 0 Å². The zero-order valence-electron chi connectivity index (χ0n) is 20.7. The van der Waals surface area contributed by atoms with Crippen LogP contribution >= 0.6 is 11.8 Å². The molecule has 0 aliphatic heterocycles. The molecule has 186 valence electrons. The summed E-state index contributed by atoms with van der Waals surface area (Å²) in [6.07, 6.45) is 2.06. The molecule has 0 aliphatic carbocycles. The number of nitriles is 1. The van der Waals surface area contributed by atoms with Crippen LogP contribution in [0.5, 0.6) is 0 Å². The summed E-state index contributed by atoms with van der Waals surface area (Å²) in [6, 6.07) is 33.1. The largest absolute Gasteiger partial charge is 0.438 e. The normalized spacial score (nSPS) is 11.5. The first-order chi connectivity index (χ1) is 18.7. The van der Waals surface area contributed by atoms with Gasteiger partial charge in [-0.25, -0.2) is 9.97 Å². The standard InChI is InChI=1S/C31H24N4O2S/c1-2-26(38-27-18-25(33-20-34-27)21-12-6-3-7-13-21)30(36)35-31-24(19-32)28(22-14-8-4-9-15-22)29(37-31)23-16-10-5-11-17-23/h3-18,20,26H,2H2,1H3,(H,35,36). The second-order valence-electron chi connectivity index (χ2n) is 8.47. The third kappa shape index (κ3) is 5.36. The van der Waals surface area contributed by atoms with Gasteiger partial charge in [-0.1, -0.05) is 110 Å². The molecule has 2 aromatic heterocycles. The number of amides is 1. The van der Waals surface area contributed by atoms with E-state index >= 15 is 0 Å². The molecule has 0 radical (unpaired) electrons. The molecule has 0 aliphatic rings. The first kappa shape index (κ1) is 25.0. The minimum atomic E-state index is -0.453. The van der Waals surface area contributed by atoms with E-state index in [2.05, 4.69) is 21.4 Å². The van der Waals surface area contributed by atoms with E-state index in [9.17, 15) is 10.1 Å². The molecular weight excluding hydrogens is 492 g/mol. The van der Waals surface area contributed by atoms with Crippen molar-refractivity contribution in [1.29, 1.82) is 5.26 Å². The Labute approximate surface area is 225 Å². The van der Waals surface area contributed by atoms with Crippen LogP contribution in [-0.4, -0.2) is 21.1 Å². The number of hydrogen-bond acceptors (Lipinski definition) is 6. The summed E-state index contributed by atoms with van der Waals surface area (Å²) in [4.78, 5) is 22.2. The Morgan fingerprint density at radius 2 is 1.53 bits per heavy atom. The molecule has 5 aromatic rings. The molecule has 1 amide bonds. The maximum atomic E-state index is 13.4. The lowest BCUT2D eigenvalue weighted by molar-refractivity contribution is -0.115. The first-order valence-corrected chi connectivity index (χ1v) is 13.1. The summed E-state index contributed by atoms with van der Waals surface area (Å²) in [7, 11) is 0. The highest BCUT2D eigenvalue weighted by molar-refractivity contribution is 8.00. The van der Waals surface area contributed by atoms with Crippen molar-refractivity contribution in [2.24, 2.45) is 0 Å². The van der Waals surface area contributed by atoms with Crippen LogP contribution in [0.1, 0.15) is 18.9 Å². The van der Waals surface area contributed by atoms with Crippen LogP contribution in [0.3, 0.4) is 0 Å². The van der Waals surface area contributed by atoms with Gasteiger partial charge in [0.2, 0.25) is 11.8 Å². The maximum Gasteiger partial charge on any atom is 0.240 e. The van der Waals surface area contributed by atoms with E-state index in [-0.39, 0.29) is 17.4 Å². The number of nitrogens with one attached hydrogen (secondary N) is 1. The maximum absolute atomic E-state index is 13.4. The number of furan rings is 1. The highest BCUT2D eigenvalue weighted by Gasteiger charge is 2.27. The third-order valence-corrected chi connectivity index (χ3v) is 7.29. The van der Waals surface area contributed by atoms with Gasteiger partial charge in [0.1, 0.15) is 28.7 Å². The highest BCUT2D eigenvalue weighted by Crippen LogP contribution is 2.41. The van der Waals surface area contributed by atoms with E-state index in [1.165, 1.54) is 18.1 Å². The summed E-state index contributed by atoms with van der Waals surface area (Å²) in [5.74, 6) is 0.413. The van der Waals surface area contributed by atoms with E-state index in [1.54, 1.807) is 0 Å². The molecule has 0 saturated carbocycles. The molecule has 0 bridgehead atoms. The average molecular weight is 517 g/mol. The van der Waals surface area contributed by atoms with Gasteiger partial charge in [-0.2, -0.15) is 5.26 Å². The number of aromatic nitrogens is 2. The molecule has 0 spiro atoms. The summed E-state index contributed by atoms with van der Waals surface area (Å²) >= 11 is 1.35. The molecule has 1 N–H and O–H groups in total. The molecular formula is C31H24N4O2S. The molecule has 1 atom stereocenters. The Kier molecular flexibility index (Phi) is 7.62. The zero-order valence-corrected chi connectivity index (χ0v) is 21.5. The van der Waals surface area contributed by atoms with Crippen molar-refractivity contribution in [2.45, 2.75) is 23.6 Å². The van der Waals surface area contributed by atoms with Crippen LogP contribution in [0.2, 0.25) is 0 Å². The Morgan fingerprint density at radius 1 is 0.921 bits per heavy atom. The summed E-state index contributed by atoms with van der Waals surface area (Å²) in [5, 5.41) is 13.2. The van der Waals surface area contributed by atoms with Crippen molar-refractivity contribution >= 4 is 23.6 Å². The van der Waals surface area contributed by atoms with Crippen LogP contribution in [-0.2, 0) is 4.79 Å². The minimum absolute atomic E-state index is 0.141. The number of rotatable bonds is 8. The number of carbonyl (C=O) groups is 1. The fourth-order valence-electron chi connectivity index (χ4n) is 4.13. The van der Waals surface area contributed by atoms with E-state index in [4.69, 9.17) is 4.42 Å². The number of thioether (sulfide) groups is 1. The van der Waals surface area contributed by atoms with Gasteiger partial charge in [-0.3, -0.25) is 10.1 Å². The molecule has 0 saturated heterocycles. The fourth-order valence-corrected chi connectivity index (χ4v) is 5.04. The lowest BCUT2D eigenvalue weighted by Gasteiger charge is -2.13. The predicted octanol–water partition coefficient (Wildman–Crippen LogP) is 7.45. The van der Waals surface area contributed by atoms with Gasteiger partial charge in [0, 0.05) is 16.7 Å². The number of nitrogens with zero attached hydrogens (tertiary/aromatic N) is 3. The van der Waals surface area contributed by atoms with Crippen molar-refractivity contribution in [3.8, 4) is 39.8 Å². The average Bonchev–Trinajstić information content (AvgIpc) is 3.35. The van der Waals surface area contributed by atoms with Gasteiger partial charge in [0.05, 0.1) is 10.9 Å². The summed E-state index contributed by atoms with van der Waals surface area (Å²) in [6.45, 7) is 1.94. The molecule has 3 aromatic carbocycles. The van der Waals surface area contributed by atoms with Crippen molar-refractivity contribution in [2.75, 3.05) is 5.32 Å². The van der Waals surface area contributed by atoms with Crippen molar-refractivity contribution in [1.82, 2.24) is 9.97 Å². The monoisotopic (exact) mass is 516 g/mol. The zero-order chi connectivity index (χ0) is 26.3. The summed E-state index contributed by atoms with van der Waals surface area (Å²) < 4.78 is 6.18. The molecule has 6 nitrogen and oxygen atoms in total. The first-order valence-electron chi connectivity index (χ1n) is 12.2. The van der Waals surface area contributed by atoms with E-state index in [1.807, 2.05) is 104 Å². The van der Waals surface area contributed by atoms with Crippen LogP contribution in [0.25, 0.3) is 33.7 Å². The topological polar surface area (TPSA) is 91.8 Å². The van der Waals surface area contributed by atoms with Gasteiger partial charge < -0.3 is 4.42 Å². The van der Waals surface area contributed by atoms with Crippen LogP contribution in [0.15, 0.2) is 113 Å². The van der Waals surface area contributed by atoms with Crippen molar-refractivity contribution in [3.05, 3.63) is 109 Å². The fraction of sp³-hybridized carbons (Fsp3) is 0.0968. The molecule has 5 rings (SSSR count). The Balaban J connectivity index is 1.45. The number of benzene rings is 3. The van der Waals surface area contributed by atoms with Crippen LogP contribution < -0.4 is 5.32 Å². The Bertz CT molecular complexity index is 1580. The van der Waals surface area contributed by atoms with Crippen LogP contribution in [0.4, 0.5) is 5.88 Å². The summed E-state index contributed by atoms with van der Waals surface area (Å²) in [5.41, 5.74) is 4.36. The van der Waals surface area contributed by atoms with Crippen LogP contribution in [0, 0.1) is 11.3 Å². The number of hydrogen-bond donors (Lipinski definition) is 1. The molecule has 38 heavy (non-hydrogen) atoms. The second-order valence-corrected chi connectivity index (χ2v) is 9.69. The van der Waals surface area contributed by atoms with E-state index < -0.39 is 5.25 Å². The van der Waals surface area contributed by atoms with Gasteiger partial charge in [-0.15, -0.1) is 0 Å². The van der Waals surface area contributed by atoms with Gasteiger partial charge in [0.25, 0.3) is 0 Å². The quantitative estimate of drug-likeness (QED) is 0.170. The van der Waals surface area contributed by atoms with Crippen molar-refractivity contribution in [3.63, 3.8) is 0 Å². The van der Waals surface area contributed by atoms with E-state index in [0.717, 1.165) is 22.4 Å². The predicted molar refractivity (Wildman–Crippen MR) is 150 cm³/mol. The molecule has 1 unspecified atom stereocenters. The molecule has 2 heterocycles.